The summed E-state index contributed by atoms with van der Waals surface area (Å²) in [6.45, 7) is 0. The van der Waals surface area contributed by atoms with E-state index in [1.54, 1.807) is 0 Å². The molecule has 1 aromatic rings. The molecule has 0 radical (unpaired) electrons. The van der Waals surface area contributed by atoms with Crippen LogP contribution in [0.1, 0.15) is 11.6 Å². The van der Waals surface area contributed by atoms with Gasteiger partial charge in [0.05, 0.1) is 7.11 Å². The Hall–Kier alpha value is -1.33. The SMILES string of the molecule is COc1nc(Cl)ccc1C(N)C(=O)O. The van der Waals surface area contributed by atoms with Crippen molar-refractivity contribution in [1.82, 2.24) is 4.98 Å². The topological polar surface area (TPSA) is 85.4 Å². The number of carboxylic acids is 1. The Morgan fingerprint density at radius 1 is 1.71 bits per heavy atom. The maximum absolute atomic E-state index is 10.6. The third-order valence-electron chi connectivity index (χ3n) is 1.65. The summed E-state index contributed by atoms with van der Waals surface area (Å²) in [7, 11) is 1.37. The first-order chi connectivity index (χ1) is 6.56. The molecule has 0 aromatic carbocycles. The zero-order chi connectivity index (χ0) is 10.7. The van der Waals surface area contributed by atoms with Gasteiger partial charge >= 0.3 is 5.97 Å². The molecule has 0 aliphatic heterocycles. The van der Waals surface area contributed by atoms with E-state index in [0.29, 0.717) is 5.56 Å². The molecule has 5 nitrogen and oxygen atoms in total. The maximum Gasteiger partial charge on any atom is 0.325 e. The van der Waals surface area contributed by atoms with Crippen LogP contribution in [0, 0.1) is 0 Å². The number of aromatic nitrogens is 1. The van der Waals surface area contributed by atoms with Gasteiger partial charge in [-0.2, -0.15) is 0 Å². The van der Waals surface area contributed by atoms with Crippen molar-refractivity contribution in [2.24, 2.45) is 5.73 Å². The van der Waals surface area contributed by atoms with Gasteiger partial charge in [0.25, 0.3) is 0 Å². The molecule has 1 unspecified atom stereocenters. The highest BCUT2D eigenvalue weighted by atomic mass is 35.5. The van der Waals surface area contributed by atoms with E-state index in [0.717, 1.165) is 0 Å². The first-order valence-corrected chi connectivity index (χ1v) is 4.13. The molecule has 1 rings (SSSR count). The normalized spacial score (nSPS) is 12.2. The predicted octanol–water partition coefficient (Wildman–Crippen LogP) is 0.828. The van der Waals surface area contributed by atoms with Gasteiger partial charge in [-0.1, -0.05) is 11.6 Å². The highest BCUT2D eigenvalue weighted by Crippen LogP contribution is 2.23. The van der Waals surface area contributed by atoms with Gasteiger partial charge in [-0.15, -0.1) is 0 Å². The summed E-state index contributed by atoms with van der Waals surface area (Å²) in [4.78, 5) is 14.4. The highest BCUT2D eigenvalue weighted by molar-refractivity contribution is 6.29. The van der Waals surface area contributed by atoms with Crippen LogP contribution in [0.3, 0.4) is 0 Å². The van der Waals surface area contributed by atoms with Crippen LogP contribution < -0.4 is 10.5 Å². The average Bonchev–Trinajstić information content (AvgIpc) is 2.16. The first-order valence-electron chi connectivity index (χ1n) is 3.75. The van der Waals surface area contributed by atoms with Crippen LogP contribution in [0.25, 0.3) is 0 Å². The molecule has 6 heteroatoms. The Morgan fingerprint density at radius 2 is 2.36 bits per heavy atom. The summed E-state index contributed by atoms with van der Waals surface area (Å²) in [6.07, 6.45) is 0. The average molecular weight is 217 g/mol. The van der Waals surface area contributed by atoms with Gasteiger partial charge in [-0.25, -0.2) is 4.98 Å². The molecule has 0 bridgehead atoms. The van der Waals surface area contributed by atoms with Crippen molar-refractivity contribution in [1.29, 1.82) is 0 Å². The van der Waals surface area contributed by atoms with Gasteiger partial charge in [-0.3, -0.25) is 4.79 Å². The number of hydrogen-bond acceptors (Lipinski definition) is 4. The molecule has 3 N–H and O–H groups in total. The fourth-order valence-electron chi connectivity index (χ4n) is 0.962. The molecule has 0 spiro atoms. The van der Waals surface area contributed by atoms with E-state index in [4.69, 9.17) is 27.2 Å². The minimum atomic E-state index is -1.16. The molecule has 14 heavy (non-hydrogen) atoms. The molecule has 1 aromatic heterocycles. The smallest absolute Gasteiger partial charge is 0.325 e. The third-order valence-corrected chi connectivity index (χ3v) is 1.86. The minimum absolute atomic E-state index is 0.132. The molecule has 1 heterocycles. The van der Waals surface area contributed by atoms with Crippen LogP contribution in [0.2, 0.25) is 5.15 Å². The zero-order valence-corrected chi connectivity index (χ0v) is 8.15. The van der Waals surface area contributed by atoms with Crippen LogP contribution >= 0.6 is 11.6 Å². The van der Waals surface area contributed by atoms with Gasteiger partial charge in [0.2, 0.25) is 5.88 Å². The Balaban J connectivity index is 3.13. The van der Waals surface area contributed by atoms with E-state index < -0.39 is 12.0 Å². The fourth-order valence-corrected chi connectivity index (χ4v) is 1.10. The molecule has 0 aliphatic rings. The van der Waals surface area contributed by atoms with Crippen molar-refractivity contribution in [3.8, 4) is 5.88 Å². The number of methoxy groups -OCH3 is 1. The lowest BCUT2D eigenvalue weighted by atomic mass is 10.1. The number of nitrogens with two attached hydrogens (primary N) is 1. The molecule has 76 valence electrons. The second kappa shape index (κ2) is 4.26. The number of carboxylic acid groups (broad SMARTS) is 1. The molecule has 0 aliphatic carbocycles. The first kappa shape index (κ1) is 10.7. The van der Waals surface area contributed by atoms with Crippen LogP contribution in [-0.2, 0) is 4.79 Å². The second-order valence-corrected chi connectivity index (χ2v) is 2.94. The Labute approximate surface area is 85.5 Å². The van der Waals surface area contributed by atoms with Crippen molar-refractivity contribution < 1.29 is 14.6 Å². The van der Waals surface area contributed by atoms with E-state index in [9.17, 15) is 4.79 Å². The fraction of sp³-hybridized carbons (Fsp3) is 0.250. The van der Waals surface area contributed by atoms with Crippen LogP contribution in [0.5, 0.6) is 5.88 Å². The van der Waals surface area contributed by atoms with Gasteiger partial charge in [0.1, 0.15) is 11.2 Å². The quantitative estimate of drug-likeness (QED) is 0.731. The van der Waals surface area contributed by atoms with E-state index in [-0.39, 0.29) is 11.0 Å². The summed E-state index contributed by atoms with van der Waals surface area (Å²) in [5, 5.41) is 8.91. The van der Waals surface area contributed by atoms with Gasteiger partial charge in [0, 0.05) is 5.56 Å². The summed E-state index contributed by atoms with van der Waals surface area (Å²) in [5.74, 6) is -1.01. The van der Waals surface area contributed by atoms with Gasteiger partial charge in [0.15, 0.2) is 0 Å². The van der Waals surface area contributed by atoms with E-state index in [1.807, 2.05) is 0 Å². The minimum Gasteiger partial charge on any atom is -0.481 e. The zero-order valence-electron chi connectivity index (χ0n) is 7.40. The van der Waals surface area contributed by atoms with Crippen molar-refractivity contribution in [2.45, 2.75) is 6.04 Å². The van der Waals surface area contributed by atoms with Crippen LogP contribution in [0.15, 0.2) is 12.1 Å². The summed E-state index contributed by atoms with van der Waals surface area (Å²) in [6, 6.07) is 1.78. The maximum atomic E-state index is 10.6. The summed E-state index contributed by atoms with van der Waals surface area (Å²) < 4.78 is 4.86. The molecule has 0 amide bonds. The van der Waals surface area contributed by atoms with Crippen molar-refractivity contribution >= 4 is 17.6 Å². The molecular weight excluding hydrogens is 208 g/mol. The van der Waals surface area contributed by atoms with E-state index >= 15 is 0 Å². The molecular formula is C8H9ClN2O3. The van der Waals surface area contributed by atoms with Gasteiger partial charge < -0.3 is 15.6 Å². The van der Waals surface area contributed by atoms with E-state index in [1.165, 1.54) is 19.2 Å². The standard InChI is InChI=1S/C8H9ClN2O3/c1-14-7-4(6(10)8(12)13)2-3-5(9)11-7/h2-3,6H,10H2,1H3,(H,12,13). The number of hydrogen-bond donors (Lipinski definition) is 2. The largest absolute Gasteiger partial charge is 0.481 e. The van der Waals surface area contributed by atoms with E-state index in [2.05, 4.69) is 4.98 Å². The second-order valence-electron chi connectivity index (χ2n) is 2.55. The molecule has 0 saturated carbocycles. The number of carbonyl (C=O) groups is 1. The van der Waals surface area contributed by atoms with Crippen molar-refractivity contribution in [2.75, 3.05) is 7.11 Å². The molecule has 0 fully saturated rings. The van der Waals surface area contributed by atoms with Crippen molar-refractivity contribution in [3.63, 3.8) is 0 Å². The van der Waals surface area contributed by atoms with Gasteiger partial charge in [-0.05, 0) is 12.1 Å². The lowest BCUT2D eigenvalue weighted by Crippen LogP contribution is -2.21. The number of nitrogens with zero attached hydrogens (tertiary/aromatic N) is 1. The summed E-state index contributed by atoms with van der Waals surface area (Å²) >= 11 is 5.60. The Kier molecular flexibility index (Phi) is 3.27. The lowest BCUT2D eigenvalue weighted by Gasteiger charge is -2.10. The lowest BCUT2D eigenvalue weighted by molar-refractivity contribution is -0.138. The third kappa shape index (κ3) is 2.12. The Bertz CT molecular complexity index is 356. The molecule has 0 saturated heterocycles. The predicted molar refractivity (Wildman–Crippen MR) is 50.4 cm³/mol. The van der Waals surface area contributed by atoms with Crippen LogP contribution in [-0.4, -0.2) is 23.2 Å². The van der Waals surface area contributed by atoms with Crippen LogP contribution in [0.4, 0.5) is 0 Å². The van der Waals surface area contributed by atoms with Crippen molar-refractivity contribution in [3.05, 3.63) is 22.8 Å². The Morgan fingerprint density at radius 3 is 2.86 bits per heavy atom. The number of halogens is 1. The summed E-state index contributed by atoms with van der Waals surface area (Å²) in [5.41, 5.74) is 5.70. The number of pyridine rings is 1. The number of rotatable bonds is 3. The number of aliphatic carboxylic acids is 1. The molecule has 1 atom stereocenters. The highest BCUT2D eigenvalue weighted by Gasteiger charge is 2.19. The number of ether oxygens (including phenoxy) is 1. The monoisotopic (exact) mass is 216 g/mol.